The molecule has 0 saturated heterocycles. The monoisotopic (exact) mass is 255 g/mol. The van der Waals surface area contributed by atoms with E-state index in [2.05, 4.69) is 4.85 Å². The van der Waals surface area contributed by atoms with Crippen molar-refractivity contribution in [3.05, 3.63) is 41.2 Å². The lowest BCUT2D eigenvalue weighted by molar-refractivity contribution is 0.232. The van der Waals surface area contributed by atoms with E-state index < -0.39 is 16.2 Å². The summed E-state index contributed by atoms with van der Waals surface area (Å²) in [6.07, 6.45) is 0.196. The average molecular weight is 255 g/mol. The zero-order valence-electron chi connectivity index (χ0n) is 9.58. The lowest BCUT2D eigenvalue weighted by atomic mass is 10.1. The molecular formula is C11H13NO4S. The van der Waals surface area contributed by atoms with E-state index in [1.807, 2.05) is 0 Å². The van der Waals surface area contributed by atoms with Crippen molar-refractivity contribution in [2.45, 2.75) is 6.10 Å². The van der Waals surface area contributed by atoms with E-state index in [4.69, 9.17) is 15.5 Å². The summed E-state index contributed by atoms with van der Waals surface area (Å²) in [7, 11) is -2.04. The van der Waals surface area contributed by atoms with Crippen LogP contribution in [0.1, 0.15) is 11.7 Å². The van der Waals surface area contributed by atoms with Crippen molar-refractivity contribution in [2.24, 2.45) is 0 Å². The van der Waals surface area contributed by atoms with Gasteiger partial charge in [-0.15, -0.1) is 0 Å². The fraction of sp³-hybridized carbons (Fsp3) is 0.364. The van der Waals surface area contributed by atoms with Crippen LogP contribution in [0.3, 0.4) is 0 Å². The molecule has 17 heavy (non-hydrogen) atoms. The van der Waals surface area contributed by atoms with Crippen molar-refractivity contribution in [1.29, 1.82) is 0 Å². The Hall–Kier alpha value is -1.58. The smallest absolute Gasteiger partial charge is 0.265 e. The van der Waals surface area contributed by atoms with Gasteiger partial charge in [0.05, 0.1) is 13.4 Å². The molecule has 0 aliphatic heterocycles. The largest absolute Gasteiger partial charge is 0.497 e. The summed E-state index contributed by atoms with van der Waals surface area (Å²) in [6.45, 7) is 6.75. The minimum atomic E-state index is -3.58. The van der Waals surface area contributed by atoms with Crippen LogP contribution in [0.25, 0.3) is 4.85 Å². The molecule has 0 aliphatic rings. The van der Waals surface area contributed by atoms with Gasteiger partial charge in [0.2, 0.25) is 6.54 Å². The Balaban J connectivity index is 2.93. The molecule has 0 N–H and O–H groups in total. The number of hydrogen-bond acceptors (Lipinski definition) is 4. The molecule has 1 rings (SSSR count). The summed E-state index contributed by atoms with van der Waals surface area (Å²) >= 11 is 0. The van der Waals surface area contributed by atoms with Gasteiger partial charge in [-0.3, -0.25) is 4.18 Å². The van der Waals surface area contributed by atoms with Crippen LogP contribution in [0.4, 0.5) is 0 Å². The maximum absolute atomic E-state index is 11.1. The number of benzene rings is 1. The first-order valence-corrected chi connectivity index (χ1v) is 6.63. The van der Waals surface area contributed by atoms with E-state index in [1.54, 1.807) is 31.4 Å². The second-order valence-corrected chi connectivity index (χ2v) is 5.00. The summed E-state index contributed by atoms with van der Waals surface area (Å²) < 4.78 is 32.0. The zero-order chi connectivity index (χ0) is 12.9. The van der Waals surface area contributed by atoms with Gasteiger partial charge in [0.25, 0.3) is 10.1 Å². The lowest BCUT2D eigenvalue weighted by Crippen LogP contribution is -2.12. The van der Waals surface area contributed by atoms with Crippen LogP contribution >= 0.6 is 0 Å². The van der Waals surface area contributed by atoms with Gasteiger partial charge in [-0.2, -0.15) is 8.42 Å². The summed E-state index contributed by atoms with van der Waals surface area (Å²) in [5.74, 6) is 0.662. The second kappa shape index (κ2) is 5.66. The average Bonchev–Trinajstić information content (AvgIpc) is 2.27. The van der Waals surface area contributed by atoms with Gasteiger partial charge < -0.3 is 9.58 Å². The van der Waals surface area contributed by atoms with Crippen LogP contribution in [0.2, 0.25) is 0 Å². The minimum absolute atomic E-state index is 0.0423. The van der Waals surface area contributed by atoms with Crippen LogP contribution in [-0.2, 0) is 14.3 Å². The Kier molecular flexibility index (Phi) is 4.49. The highest BCUT2D eigenvalue weighted by Gasteiger charge is 2.20. The number of ether oxygens (including phenoxy) is 1. The van der Waals surface area contributed by atoms with Gasteiger partial charge in [-0.05, 0) is 17.7 Å². The third-order valence-electron chi connectivity index (χ3n) is 2.04. The van der Waals surface area contributed by atoms with Crippen molar-refractivity contribution in [3.63, 3.8) is 0 Å². The maximum Gasteiger partial charge on any atom is 0.265 e. The molecule has 92 valence electrons. The van der Waals surface area contributed by atoms with Crippen LogP contribution < -0.4 is 4.74 Å². The molecule has 0 heterocycles. The van der Waals surface area contributed by atoms with Crippen LogP contribution in [0, 0.1) is 6.57 Å². The van der Waals surface area contributed by atoms with Gasteiger partial charge >= 0.3 is 0 Å². The molecule has 6 heteroatoms. The van der Waals surface area contributed by atoms with Gasteiger partial charge in [-0.25, -0.2) is 6.57 Å². The molecule has 0 aliphatic carbocycles. The molecule has 0 bridgehead atoms. The Morgan fingerprint density at radius 2 is 1.94 bits per heavy atom. The molecule has 0 amide bonds. The van der Waals surface area contributed by atoms with Crippen molar-refractivity contribution >= 4 is 10.1 Å². The Labute approximate surface area is 101 Å². The lowest BCUT2D eigenvalue weighted by Gasteiger charge is -2.11. The molecule has 5 nitrogen and oxygen atoms in total. The standard InChI is InChI=1S/C11H13NO4S/c1-12-8-11(16-17(3,13)14)9-4-6-10(15-2)7-5-9/h4-7,11H,8H2,2-3H3. The second-order valence-electron chi connectivity index (χ2n) is 3.40. The fourth-order valence-corrected chi connectivity index (χ4v) is 1.90. The van der Waals surface area contributed by atoms with Crippen molar-refractivity contribution in [3.8, 4) is 5.75 Å². The first kappa shape index (κ1) is 13.5. The summed E-state index contributed by atoms with van der Waals surface area (Å²) in [4.78, 5) is 3.17. The molecule has 0 fully saturated rings. The van der Waals surface area contributed by atoms with E-state index >= 15 is 0 Å². The highest BCUT2D eigenvalue weighted by Crippen LogP contribution is 2.22. The van der Waals surface area contributed by atoms with Crippen LogP contribution in [0.5, 0.6) is 5.75 Å². The summed E-state index contributed by atoms with van der Waals surface area (Å²) in [6, 6.07) is 6.75. The molecule has 1 unspecified atom stereocenters. The van der Waals surface area contributed by atoms with Crippen molar-refractivity contribution in [2.75, 3.05) is 19.9 Å². The number of nitrogens with zero attached hydrogens (tertiary/aromatic N) is 1. The molecule has 0 aromatic heterocycles. The summed E-state index contributed by atoms with van der Waals surface area (Å²) in [5.41, 5.74) is 0.632. The normalized spacial score (nSPS) is 12.8. The third-order valence-corrected chi connectivity index (χ3v) is 2.62. The van der Waals surface area contributed by atoms with Gasteiger partial charge in [0.15, 0.2) is 6.10 Å². The summed E-state index contributed by atoms with van der Waals surface area (Å²) in [5, 5.41) is 0. The fourth-order valence-electron chi connectivity index (χ4n) is 1.30. The molecule has 0 saturated carbocycles. The number of hydrogen-bond donors (Lipinski definition) is 0. The zero-order valence-corrected chi connectivity index (χ0v) is 10.4. The Morgan fingerprint density at radius 3 is 2.35 bits per heavy atom. The van der Waals surface area contributed by atoms with Gasteiger partial charge in [0.1, 0.15) is 5.75 Å². The van der Waals surface area contributed by atoms with Crippen LogP contribution in [0.15, 0.2) is 24.3 Å². The number of methoxy groups -OCH3 is 1. The predicted molar refractivity (Wildman–Crippen MR) is 63.1 cm³/mol. The van der Waals surface area contributed by atoms with E-state index in [1.165, 1.54) is 0 Å². The molecular weight excluding hydrogens is 242 g/mol. The first-order valence-electron chi connectivity index (χ1n) is 4.81. The Bertz CT molecular complexity index is 501. The highest BCUT2D eigenvalue weighted by atomic mass is 32.2. The van der Waals surface area contributed by atoms with E-state index in [0.29, 0.717) is 11.3 Å². The quantitative estimate of drug-likeness (QED) is 0.592. The van der Waals surface area contributed by atoms with Crippen molar-refractivity contribution < 1.29 is 17.3 Å². The molecule has 1 aromatic rings. The highest BCUT2D eigenvalue weighted by molar-refractivity contribution is 7.86. The SMILES string of the molecule is [C-]#[N+]CC(OS(C)(=O)=O)c1ccc(OC)cc1. The molecule has 0 spiro atoms. The van der Waals surface area contributed by atoms with Crippen LogP contribution in [-0.4, -0.2) is 28.3 Å². The molecule has 1 aromatic carbocycles. The Morgan fingerprint density at radius 1 is 1.35 bits per heavy atom. The third kappa shape index (κ3) is 4.43. The molecule has 1 atom stereocenters. The van der Waals surface area contributed by atoms with Gasteiger partial charge in [0, 0.05) is 0 Å². The van der Waals surface area contributed by atoms with Crippen molar-refractivity contribution in [1.82, 2.24) is 0 Å². The predicted octanol–water partition coefficient (Wildman–Crippen LogP) is 1.63. The topological polar surface area (TPSA) is 57.0 Å². The van der Waals surface area contributed by atoms with E-state index in [0.717, 1.165) is 6.26 Å². The van der Waals surface area contributed by atoms with Gasteiger partial charge in [-0.1, -0.05) is 12.1 Å². The van der Waals surface area contributed by atoms with E-state index in [-0.39, 0.29) is 6.54 Å². The first-order chi connectivity index (χ1) is 7.96. The molecule has 0 radical (unpaired) electrons. The number of rotatable bonds is 5. The minimum Gasteiger partial charge on any atom is -0.497 e. The maximum atomic E-state index is 11.1. The van der Waals surface area contributed by atoms with E-state index in [9.17, 15) is 8.42 Å².